The number of aliphatic hydroxyl groups excluding tert-OH is 1. The first-order chi connectivity index (χ1) is 10.6. The zero-order valence-corrected chi connectivity index (χ0v) is 11.7. The summed E-state index contributed by atoms with van der Waals surface area (Å²) in [5.74, 6) is 0. The first-order valence-corrected chi connectivity index (χ1v) is 7.11. The van der Waals surface area contributed by atoms with Crippen molar-refractivity contribution in [1.29, 1.82) is 0 Å². The van der Waals surface area contributed by atoms with E-state index in [1.807, 2.05) is 23.1 Å². The maximum Gasteiger partial charge on any atom is 0.270 e. The molecule has 6 nitrogen and oxygen atoms in total. The van der Waals surface area contributed by atoms with Gasteiger partial charge < -0.3 is 14.7 Å². The second-order valence-electron chi connectivity index (χ2n) is 5.48. The molecule has 0 radical (unpaired) electrons. The largest absolute Gasteiger partial charge is 0.364 e. The molecule has 2 aromatic carbocycles. The van der Waals surface area contributed by atoms with Gasteiger partial charge >= 0.3 is 0 Å². The number of rotatable bonds is 1. The fourth-order valence-electron chi connectivity index (χ4n) is 3.23. The third kappa shape index (κ3) is 1.88. The van der Waals surface area contributed by atoms with Crippen molar-refractivity contribution in [2.24, 2.45) is 0 Å². The Morgan fingerprint density at radius 3 is 2.86 bits per heavy atom. The predicted octanol–water partition coefficient (Wildman–Crippen LogP) is 2.68. The van der Waals surface area contributed by atoms with Gasteiger partial charge in [-0.15, -0.1) is 0 Å². The van der Waals surface area contributed by atoms with Gasteiger partial charge in [0.15, 0.2) is 12.5 Å². The minimum Gasteiger partial charge on any atom is -0.364 e. The highest BCUT2D eigenvalue weighted by molar-refractivity contribution is 5.62. The second-order valence-corrected chi connectivity index (χ2v) is 5.48. The molecule has 0 aliphatic carbocycles. The van der Waals surface area contributed by atoms with E-state index in [1.54, 1.807) is 6.07 Å². The molecule has 22 heavy (non-hydrogen) atoms. The van der Waals surface area contributed by atoms with E-state index in [2.05, 4.69) is 6.07 Å². The van der Waals surface area contributed by atoms with Gasteiger partial charge in [0, 0.05) is 35.5 Å². The normalized spacial score (nSPS) is 22.5. The predicted molar refractivity (Wildman–Crippen MR) is 79.4 cm³/mol. The first-order valence-electron chi connectivity index (χ1n) is 7.11. The molecule has 1 N–H and O–H groups in total. The van der Waals surface area contributed by atoms with Crippen molar-refractivity contribution < 1.29 is 14.8 Å². The van der Waals surface area contributed by atoms with Gasteiger partial charge in [0.2, 0.25) is 0 Å². The van der Waals surface area contributed by atoms with E-state index in [0.29, 0.717) is 5.56 Å². The Morgan fingerprint density at radius 1 is 1.23 bits per heavy atom. The Hall–Kier alpha value is -2.44. The minimum atomic E-state index is -1.16. The van der Waals surface area contributed by atoms with Crippen LogP contribution in [0.4, 0.5) is 11.4 Å². The van der Waals surface area contributed by atoms with E-state index >= 15 is 0 Å². The van der Waals surface area contributed by atoms with Gasteiger partial charge in [-0.1, -0.05) is 24.3 Å². The van der Waals surface area contributed by atoms with Gasteiger partial charge in [0.05, 0.1) is 4.92 Å². The monoisotopic (exact) mass is 298 g/mol. The summed E-state index contributed by atoms with van der Waals surface area (Å²) >= 11 is 0. The highest BCUT2D eigenvalue weighted by atomic mass is 16.6. The van der Waals surface area contributed by atoms with Crippen molar-refractivity contribution >= 4 is 11.4 Å². The number of nitro benzene ring substituents is 1. The van der Waals surface area contributed by atoms with E-state index < -0.39 is 11.2 Å². The summed E-state index contributed by atoms with van der Waals surface area (Å²) in [6, 6.07) is 12.5. The number of anilines is 1. The molecule has 112 valence electrons. The lowest BCUT2D eigenvalue weighted by molar-refractivity contribution is -0.385. The van der Waals surface area contributed by atoms with Crippen LogP contribution in [-0.4, -0.2) is 16.6 Å². The number of nitrogens with zero attached hydrogens (tertiary/aromatic N) is 2. The number of ether oxygens (including phenoxy) is 1. The number of nitro groups is 1. The highest BCUT2D eigenvalue weighted by Crippen LogP contribution is 2.45. The maximum absolute atomic E-state index is 10.9. The molecule has 0 aromatic heterocycles. The number of hydrogen-bond donors (Lipinski definition) is 1. The summed E-state index contributed by atoms with van der Waals surface area (Å²) in [5, 5.41) is 21.2. The first kappa shape index (κ1) is 13.2. The molecule has 2 unspecified atom stereocenters. The smallest absolute Gasteiger partial charge is 0.270 e. The molecule has 2 aliphatic rings. The van der Waals surface area contributed by atoms with E-state index in [9.17, 15) is 15.2 Å². The minimum absolute atomic E-state index is 0.0442. The summed E-state index contributed by atoms with van der Waals surface area (Å²) in [6.45, 7) is 0.749. The third-order valence-electron chi connectivity index (χ3n) is 4.28. The molecule has 4 rings (SSSR count). The van der Waals surface area contributed by atoms with Gasteiger partial charge in [0.25, 0.3) is 5.69 Å². The van der Waals surface area contributed by atoms with Crippen LogP contribution in [0.15, 0.2) is 42.5 Å². The van der Waals surface area contributed by atoms with Crippen LogP contribution in [0.25, 0.3) is 0 Å². The molecule has 0 saturated heterocycles. The molecule has 0 saturated carbocycles. The number of non-ortho nitro benzene ring substituents is 1. The Bertz CT molecular complexity index is 762. The summed E-state index contributed by atoms with van der Waals surface area (Å²) < 4.78 is 5.74. The molecule has 2 heterocycles. The molecular weight excluding hydrogens is 284 g/mol. The Labute approximate surface area is 126 Å². The molecule has 6 heteroatoms. The van der Waals surface area contributed by atoms with Crippen LogP contribution >= 0.6 is 0 Å². The van der Waals surface area contributed by atoms with Crippen molar-refractivity contribution in [3.05, 3.63) is 69.3 Å². The molecule has 0 spiro atoms. The molecular formula is C16H14N2O4. The van der Waals surface area contributed by atoms with Crippen molar-refractivity contribution in [2.45, 2.75) is 18.9 Å². The number of hydrogen-bond acceptors (Lipinski definition) is 5. The average Bonchev–Trinajstić information content (AvgIpc) is 2.54. The quantitative estimate of drug-likeness (QED) is 0.647. The Kier molecular flexibility index (Phi) is 2.88. The molecule has 2 atom stereocenters. The van der Waals surface area contributed by atoms with Gasteiger partial charge in [-0.2, -0.15) is 0 Å². The van der Waals surface area contributed by atoms with Crippen LogP contribution in [0, 0.1) is 10.1 Å². The average molecular weight is 298 g/mol. The van der Waals surface area contributed by atoms with Crippen LogP contribution in [0.2, 0.25) is 0 Å². The second kappa shape index (κ2) is 4.79. The van der Waals surface area contributed by atoms with Crippen LogP contribution in [0.3, 0.4) is 0 Å². The van der Waals surface area contributed by atoms with Gasteiger partial charge in [-0.05, 0) is 18.1 Å². The van der Waals surface area contributed by atoms with Gasteiger partial charge in [0.1, 0.15) is 0 Å². The lowest BCUT2D eigenvalue weighted by atomic mass is 9.95. The number of fused-ring (bicyclic) bond motifs is 5. The lowest BCUT2D eigenvalue weighted by Crippen LogP contribution is -2.41. The van der Waals surface area contributed by atoms with Gasteiger partial charge in [-0.25, -0.2) is 0 Å². The summed E-state index contributed by atoms with van der Waals surface area (Å²) in [7, 11) is 0. The Balaban J connectivity index is 1.81. The van der Waals surface area contributed by atoms with Crippen LogP contribution in [-0.2, 0) is 11.2 Å². The highest BCUT2D eigenvalue weighted by Gasteiger charge is 2.37. The topological polar surface area (TPSA) is 75.8 Å². The molecule has 0 fully saturated rings. The van der Waals surface area contributed by atoms with E-state index in [4.69, 9.17) is 4.74 Å². The van der Waals surface area contributed by atoms with Gasteiger partial charge in [-0.3, -0.25) is 10.1 Å². The SMILES string of the molecule is O=[N+]([O-])c1ccc2c(c1)C(O)OC1c3ccccc3CCN21. The molecule has 0 bridgehead atoms. The Morgan fingerprint density at radius 2 is 2.05 bits per heavy atom. The lowest BCUT2D eigenvalue weighted by Gasteiger charge is -2.44. The molecule has 2 aromatic rings. The van der Waals surface area contributed by atoms with Crippen LogP contribution in [0.1, 0.15) is 29.2 Å². The number of benzene rings is 2. The summed E-state index contributed by atoms with van der Waals surface area (Å²) in [6.07, 6.45) is -0.640. The van der Waals surface area contributed by atoms with Crippen LogP contribution < -0.4 is 4.90 Å². The maximum atomic E-state index is 10.9. The zero-order valence-electron chi connectivity index (χ0n) is 11.7. The summed E-state index contributed by atoms with van der Waals surface area (Å²) in [4.78, 5) is 12.5. The summed E-state index contributed by atoms with van der Waals surface area (Å²) in [5.41, 5.74) is 3.45. The van der Waals surface area contributed by atoms with Crippen molar-refractivity contribution in [2.75, 3.05) is 11.4 Å². The van der Waals surface area contributed by atoms with E-state index in [-0.39, 0.29) is 11.9 Å². The van der Waals surface area contributed by atoms with E-state index in [1.165, 1.54) is 17.7 Å². The zero-order chi connectivity index (χ0) is 15.3. The standard InChI is InChI=1S/C16H14N2O4/c19-16-13-9-11(18(20)21)5-6-14(13)17-8-7-10-3-1-2-4-12(10)15(17)22-16/h1-6,9,15-16,19H,7-8H2. The van der Waals surface area contributed by atoms with Crippen molar-refractivity contribution in [3.63, 3.8) is 0 Å². The molecule has 0 amide bonds. The fourth-order valence-corrected chi connectivity index (χ4v) is 3.23. The van der Waals surface area contributed by atoms with E-state index in [0.717, 1.165) is 24.2 Å². The van der Waals surface area contributed by atoms with Crippen molar-refractivity contribution in [1.82, 2.24) is 0 Å². The third-order valence-corrected chi connectivity index (χ3v) is 4.28. The number of aliphatic hydroxyl groups is 1. The van der Waals surface area contributed by atoms with Crippen molar-refractivity contribution in [3.8, 4) is 0 Å². The fraction of sp³-hybridized carbons (Fsp3) is 0.250. The van der Waals surface area contributed by atoms with Crippen LogP contribution in [0.5, 0.6) is 0 Å². The molecule has 2 aliphatic heterocycles.